The van der Waals surface area contributed by atoms with Crippen molar-refractivity contribution in [2.45, 2.75) is 0 Å². The van der Waals surface area contributed by atoms with Gasteiger partial charge in [-0.3, -0.25) is 0 Å². The first kappa shape index (κ1) is 22.1. The zero-order chi connectivity index (χ0) is 22.0. The van der Waals surface area contributed by atoms with E-state index in [-0.39, 0.29) is 42.7 Å². The third-order valence-corrected chi connectivity index (χ3v) is 5.56. The monoisotopic (exact) mass is 484 g/mol. The van der Waals surface area contributed by atoms with Crippen LogP contribution in [0.4, 0.5) is 11.4 Å². The summed E-state index contributed by atoms with van der Waals surface area (Å²) in [6.07, 6.45) is 0. The Labute approximate surface area is 191 Å². The Morgan fingerprint density at radius 1 is 0.567 bits per heavy atom. The van der Waals surface area contributed by atoms with Crippen LogP contribution >= 0.6 is 46.4 Å². The van der Waals surface area contributed by atoms with Gasteiger partial charge in [-0.05, 0) is 48.5 Å². The van der Waals surface area contributed by atoms with Crippen molar-refractivity contribution in [3.63, 3.8) is 0 Å². The van der Waals surface area contributed by atoms with Gasteiger partial charge in [-0.2, -0.15) is 0 Å². The van der Waals surface area contributed by atoms with Crippen molar-refractivity contribution < 1.29 is 19.1 Å². The Morgan fingerprint density at radius 2 is 0.833 bits per heavy atom. The number of rotatable bonds is 4. The normalized spacial score (nSPS) is 10.5. The summed E-state index contributed by atoms with van der Waals surface area (Å²) in [6, 6.07) is 12.1. The molecule has 30 heavy (non-hydrogen) atoms. The first-order valence-electron chi connectivity index (χ1n) is 8.20. The molecule has 3 rings (SSSR count). The zero-order valence-corrected chi connectivity index (χ0v) is 17.9. The van der Waals surface area contributed by atoms with Crippen molar-refractivity contribution in [1.82, 2.24) is 0 Å². The molecule has 0 amide bonds. The number of hydrogen-bond donors (Lipinski definition) is 2. The van der Waals surface area contributed by atoms with Gasteiger partial charge < -0.3 is 20.9 Å². The molecule has 6 nitrogen and oxygen atoms in total. The average Bonchev–Trinajstić information content (AvgIpc) is 2.70. The summed E-state index contributed by atoms with van der Waals surface area (Å²) in [7, 11) is 0. The number of ether oxygens (including phenoxy) is 2. The van der Waals surface area contributed by atoms with Crippen LogP contribution in [0.5, 0.6) is 11.5 Å². The number of hydrogen-bond acceptors (Lipinski definition) is 6. The molecule has 0 bridgehead atoms. The van der Waals surface area contributed by atoms with Crippen molar-refractivity contribution in [1.29, 1.82) is 0 Å². The first-order chi connectivity index (χ1) is 14.2. The lowest BCUT2D eigenvalue weighted by molar-refractivity contribution is 0.0721. The van der Waals surface area contributed by atoms with Gasteiger partial charge in [-0.1, -0.05) is 46.4 Å². The number of nitrogen functional groups attached to an aromatic ring is 2. The van der Waals surface area contributed by atoms with E-state index in [1.165, 1.54) is 24.3 Å². The van der Waals surface area contributed by atoms with Gasteiger partial charge in [0.25, 0.3) is 0 Å². The molecule has 0 saturated heterocycles. The highest BCUT2D eigenvalue weighted by Gasteiger charge is 2.30. The Bertz CT molecular complexity index is 1010. The second kappa shape index (κ2) is 9.02. The van der Waals surface area contributed by atoms with E-state index >= 15 is 0 Å². The summed E-state index contributed by atoms with van der Waals surface area (Å²) < 4.78 is 10.5. The number of benzene rings is 3. The van der Waals surface area contributed by atoms with Gasteiger partial charge in [0, 0.05) is 11.4 Å². The van der Waals surface area contributed by atoms with Crippen LogP contribution in [-0.2, 0) is 0 Å². The first-order valence-corrected chi connectivity index (χ1v) is 9.71. The van der Waals surface area contributed by atoms with Crippen molar-refractivity contribution in [3.8, 4) is 11.5 Å². The lowest BCUT2D eigenvalue weighted by Crippen LogP contribution is -2.15. The van der Waals surface area contributed by atoms with Gasteiger partial charge in [0.15, 0.2) is 0 Å². The minimum Gasteiger partial charge on any atom is -0.423 e. The lowest BCUT2D eigenvalue weighted by Gasteiger charge is -2.14. The van der Waals surface area contributed by atoms with Crippen LogP contribution in [0, 0.1) is 0 Å². The summed E-state index contributed by atoms with van der Waals surface area (Å²) in [5.74, 6) is -1.45. The SMILES string of the molecule is Nc1ccc(OC(=O)c2c(Cl)c(Cl)c(C(=O)Oc3ccc(N)cc3)c(Cl)c2Cl)cc1. The highest BCUT2D eigenvalue weighted by Crippen LogP contribution is 2.42. The van der Waals surface area contributed by atoms with E-state index in [0.29, 0.717) is 11.4 Å². The second-order valence-corrected chi connectivity index (χ2v) is 7.43. The van der Waals surface area contributed by atoms with Crippen LogP contribution in [0.15, 0.2) is 48.5 Å². The van der Waals surface area contributed by atoms with E-state index in [4.69, 9.17) is 67.3 Å². The molecule has 0 unspecified atom stereocenters. The summed E-state index contributed by atoms with van der Waals surface area (Å²) in [5.41, 5.74) is 11.6. The van der Waals surface area contributed by atoms with E-state index in [2.05, 4.69) is 0 Å². The summed E-state index contributed by atoms with van der Waals surface area (Å²) in [5, 5.41) is -1.24. The number of anilines is 2. The summed E-state index contributed by atoms with van der Waals surface area (Å²) in [6.45, 7) is 0. The quantitative estimate of drug-likeness (QED) is 0.206. The lowest BCUT2D eigenvalue weighted by atomic mass is 10.1. The molecule has 3 aromatic rings. The summed E-state index contributed by atoms with van der Waals surface area (Å²) >= 11 is 24.8. The van der Waals surface area contributed by atoms with Crippen molar-refractivity contribution in [2.75, 3.05) is 11.5 Å². The highest BCUT2D eigenvalue weighted by atomic mass is 35.5. The van der Waals surface area contributed by atoms with Crippen LogP contribution in [0.3, 0.4) is 0 Å². The second-order valence-electron chi connectivity index (χ2n) is 5.92. The molecule has 0 heterocycles. The van der Waals surface area contributed by atoms with Crippen molar-refractivity contribution in [3.05, 3.63) is 79.7 Å². The molecule has 0 aliphatic rings. The number of esters is 2. The van der Waals surface area contributed by atoms with Crippen LogP contribution in [0.1, 0.15) is 20.7 Å². The van der Waals surface area contributed by atoms with Crippen LogP contribution in [0.2, 0.25) is 20.1 Å². The maximum absolute atomic E-state index is 12.6. The van der Waals surface area contributed by atoms with E-state index in [1.807, 2.05) is 0 Å². The Morgan fingerprint density at radius 3 is 1.10 bits per heavy atom. The maximum atomic E-state index is 12.6. The molecule has 0 fully saturated rings. The fraction of sp³-hybridized carbons (Fsp3) is 0. The van der Waals surface area contributed by atoms with Gasteiger partial charge in [-0.25, -0.2) is 9.59 Å². The fourth-order valence-corrected chi connectivity index (χ4v) is 3.54. The fourth-order valence-electron chi connectivity index (χ4n) is 2.38. The summed E-state index contributed by atoms with van der Waals surface area (Å²) in [4.78, 5) is 25.2. The van der Waals surface area contributed by atoms with Gasteiger partial charge in [-0.15, -0.1) is 0 Å². The van der Waals surface area contributed by atoms with Gasteiger partial charge in [0.05, 0.1) is 20.1 Å². The predicted molar refractivity (Wildman–Crippen MR) is 118 cm³/mol. The van der Waals surface area contributed by atoms with Crippen molar-refractivity contribution in [2.24, 2.45) is 0 Å². The molecule has 0 spiro atoms. The average molecular weight is 486 g/mol. The third-order valence-electron chi connectivity index (χ3n) is 3.85. The van der Waals surface area contributed by atoms with Crippen LogP contribution in [0.25, 0.3) is 0 Å². The Hall–Kier alpha value is -2.64. The van der Waals surface area contributed by atoms with Crippen molar-refractivity contribution >= 4 is 69.7 Å². The van der Waals surface area contributed by atoms with E-state index in [9.17, 15) is 9.59 Å². The number of nitrogens with two attached hydrogens (primary N) is 2. The number of halogens is 4. The van der Waals surface area contributed by atoms with E-state index in [1.54, 1.807) is 24.3 Å². The molecule has 0 saturated carbocycles. The predicted octanol–water partition coefficient (Wildman–Crippen LogP) is 5.90. The molecule has 3 aromatic carbocycles. The molecule has 0 aliphatic heterocycles. The van der Waals surface area contributed by atoms with Gasteiger partial charge >= 0.3 is 11.9 Å². The van der Waals surface area contributed by atoms with Gasteiger partial charge in [0.2, 0.25) is 0 Å². The molecule has 0 aliphatic carbocycles. The molecular formula is C20H12Cl4N2O4. The smallest absolute Gasteiger partial charge is 0.346 e. The molecule has 0 radical (unpaired) electrons. The topological polar surface area (TPSA) is 105 Å². The highest BCUT2D eigenvalue weighted by molar-refractivity contribution is 6.52. The Kier molecular flexibility index (Phi) is 6.63. The minimum atomic E-state index is -0.919. The van der Waals surface area contributed by atoms with Crippen LogP contribution < -0.4 is 20.9 Å². The minimum absolute atomic E-state index is 0.195. The maximum Gasteiger partial charge on any atom is 0.346 e. The molecule has 0 atom stereocenters. The van der Waals surface area contributed by atoms with E-state index in [0.717, 1.165) is 0 Å². The molecule has 154 valence electrons. The molecule has 4 N–H and O–H groups in total. The molecule has 10 heteroatoms. The standard InChI is InChI=1S/C20H12Cl4N2O4/c21-15-13(19(27)29-11-5-1-9(25)2-6-11)16(22)18(24)14(17(15)23)20(28)30-12-7-3-10(26)4-8-12/h1-8H,25-26H2. The van der Waals surface area contributed by atoms with Gasteiger partial charge in [0.1, 0.15) is 22.6 Å². The van der Waals surface area contributed by atoms with Crippen LogP contribution in [-0.4, -0.2) is 11.9 Å². The molecule has 0 aromatic heterocycles. The number of carbonyl (C=O) groups is 2. The molecular weight excluding hydrogens is 474 g/mol. The number of carbonyl (C=O) groups excluding carboxylic acids is 2. The Balaban J connectivity index is 1.94. The zero-order valence-electron chi connectivity index (χ0n) is 14.9. The van der Waals surface area contributed by atoms with E-state index < -0.39 is 11.9 Å². The third kappa shape index (κ3) is 4.57. The largest absolute Gasteiger partial charge is 0.423 e.